The molecule has 1 heterocycles. The highest BCUT2D eigenvalue weighted by Crippen LogP contribution is 2.23. The molecular weight excluding hydrogens is 260 g/mol. The van der Waals surface area contributed by atoms with Crippen molar-refractivity contribution in [2.45, 2.75) is 51.8 Å². The molecule has 4 nitrogen and oxygen atoms in total. The van der Waals surface area contributed by atoms with E-state index in [4.69, 9.17) is 0 Å². The second-order valence-electron chi connectivity index (χ2n) is 6.28. The number of nitrogens with one attached hydrogen (secondary N) is 1. The summed E-state index contributed by atoms with van der Waals surface area (Å²) in [6, 6.07) is -0.410. The van der Waals surface area contributed by atoms with Crippen LogP contribution in [-0.4, -0.2) is 47.4 Å². The second kappa shape index (κ2) is 6.64. The number of amides is 2. The van der Waals surface area contributed by atoms with Crippen molar-refractivity contribution < 1.29 is 9.59 Å². The molecule has 2 atom stereocenters. The van der Waals surface area contributed by atoms with Gasteiger partial charge >= 0.3 is 0 Å². The molecule has 0 aromatic heterocycles. The van der Waals surface area contributed by atoms with Gasteiger partial charge in [0.05, 0.1) is 0 Å². The highest BCUT2D eigenvalue weighted by Gasteiger charge is 2.37. The lowest BCUT2D eigenvalue weighted by molar-refractivity contribution is -0.136. The van der Waals surface area contributed by atoms with Crippen LogP contribution in [-0.2, 0) is 9.59 Å². The molecule has 0 spiro atoms. The minimum Gasteiger partial charge on any atom is -0.344 e. The fourth-order valence-corrected chi connectivity index (χ4v) is 2.43. The molecule has 5 heteroatoms. The molecule has 1 aliphatic heterocycles. The third kappa shape index (κ3) is 4.71. The fourth-order valence-electron chi connectivity index (χ4n) is 2.09. The van der Waals surface area contributed by atoms with Crippen LogP contribution in [0.5, 0.6) is 0 Å². The molecule has 1 rings (SSSR count). The van der Waals surface area contributed by atoms with E-state index in [9.17, 15) is 9.59 Å². The van der Waals surface area contributed by atoms with E-state index < -0.39 is 6.04 Å². The Morgan fingerprint density at radius 1 is 1.42 bits per heavy atom. The van der Waals surface area contributed by atoms with Gasteiger partial charge in [-0.15, -0.1) is 0 Å². The summed E-state index contributed by atoms with van der Waals surface area (Å²) in [7, 11) is 0. The number of hydrogen-bond acceptors (Lipinski definition) is 3. The summed E-state index contributed by atoms with van der Waals surface area (Å²) in [4.78, 5) is 26.1. The topological polar surface area (TPSA) is 49.4 Å². The molecule has 1 aliphatic rings. The minimum absolute atomic E-state index is 0.0197. The third-order valence-electron chi connectivity index (χ3n) is 3.55. The summed E-state index contributed by atoms with van der Waals surface area (Å²) in [5.74, 6) is 0.0420. The number of carbonyl (C=O) groups is 2. The molecule has 1 saturated heterocycles. The molecule has 0 saturated carbocycles. The van der Waals surface area contributed by atoms with Crippen LogP contribution < -0.4 is 5.32 Å². The van der Waals surface area contributed by atoms with Crippen LogP contribution in [0.4, 0.5) is 0 Å². The van der Waals surface area contributed by atoms with Crippen molar-refractivity contribution in [3.8, 4) is 0 Å². The average molecular weight is 286 g/mol. The Kier molecular flexibility index (Phi) is 5.71. The summed E-state index contributed by atoms with van der Waals surface area (Å²) in [6.45, 7) is 9.41. The van der Waals surface area contributed by atoms with E-state index in [1.807, 2.05) is 25.7 Å². The first-order valence-electron chi connectivity index (χ1n) is 6.86. The monoisotopic (exact) mass is 286 g/mol. The Hall–Kier alpha value is -0.710. The van der Waals surface area contributed by atoms with Gasteiger partial charge in [-0.05, 0) is 18.1 Å². The predicted molar refractivity (Wildman–Crippen MR) is 80.2 cm³/mol. The first-order valence-corrected chi connectivity index (χ1v) is 8.15. The molecule has 1 N–H and O–H groups in total. The zero-order valence-electron chi connectivity index (χ0n) is 12.7. The van der Waals surface area contributed by atoms with Crippen molar-refractivity contribution in [3.05, 3.63) is 0 Å². The molecular formula is C14H26N2O2S. The van der Waals surface area contributed by atoms with Gasteiger partial charge < -0.3 is 10.2 Å². The van der Waals surface area contributed by atoms with Gasteiger partial charge in [-0.25, -0.2) is 0 Å². The Morgan fingerprint density at radius 3 is 2.58 bits per heavy atom. The summed E-state index contributed by atoms with van der Waals surface area (Å²) in [6.07, 6.45) is 3.46. The van der Waals surface area contributed by atoms with Crippen molar-refractivity contribution in [2.75, 3.05) is 19.3 Å². The van der Waals surface area contributed by atoms with Crippen LogP contribution in [0.2, 0.25) is 0 Å². The van der Waals surface area contributed by atoms with E-state index in [0.717, 1.165) is 13.0 Å². The van der Waals surface area contributed by atoms with E-state index in [2.05, 4.69) is 18.5 Å². The average Bonchev–Trinajstić information content (AvgIpc) is 2.46. The molecule has 1 fully saturated rings. The van der Waals surface area contributed by atoms with Gasteiger partial charge in [-0.3, -0.25) is 9.59 Å². The number of carbonyl (C=O) groups excluding carboxylic acids is 2. The Bertz CT molecular complexity index is 339. The van der Waals surface area contributed by atoms with Gasteiger partial charge in [0.1, 0.15) is 6.04 Å². The van der Waals surface area contributed by atoms with E-state index in [1.165, 1.54) is 0 Å². The van der Waals surface area contributed by atoms with E-state index >= 15 is 0 Å². The standard InChI is InChI=1S/C14H26N2O2S/c1-10(19-5)6-8-16-9-7-11(17)15-12(13(16)18)14(2,3)4/h10,12H,6-9H2,1-5H3,(H,15,17). The first kappa shape index (κ1) is 16.3. The number of thioether (sulfide) groups is 1. The number of nitrogens with zero attached hydrogens (tertiary/aromatic N) is 1. The number of hydrogen-bond donors (Lipinski definition) is 1. The lowest BCUT2D eigenvalue weighted by Gasteiger charge is -2.32. The molecule has 19 heavy (non-hydrogen) atoms. The van der Waals surface area contributed by atoms with Crippen LogP contribution in [0.1, 0.15) is 40.5 Å². The quantitative estimate of drug-likeness (QED) is 0.858. The van der Waals surface area contributed by atoms with Gasteiger partial charge in [0.2, 0.25) is 11.8 Å². The Balaban J connectivity index is 2.76. The predicted octanol–water partition coefficient (Wildman–Crippen LogP) is 1.89. The zero-order chi connectivity index (χ0) is 14.6. The maximum absolute atomic E-state index is 12.5. The lowest BCUT2D eigenvalue weighted by Crippen LogP contribution is -2.52. The van der Waals surface area contributed by atoms with Crippen molar-refractivity contribution in [2.24, 2.45) is 5.41 Å². The van der Waals surface area contributed by atoms with E-state index in [0.29, 0.717) is 18.2 Å². The van der Waals surface area contributed by atoms with Crippen LogP contribution in [0.25, 0.3) is 0 Å². The van der Waals surface area contributed by atoms with Gasteiger partial charge in [0, 0.05) is 24.8 Å². The summed E-state index contributed by atoms with van der Waals surface area (Å²) in [5.41, 5.74) is -0.250. The van der Waals surface area contributed by atoms with Gasteiger partial charge in [0.15, 0.2) is 0 Å². The van der Waals surface area contributed by atoms with Crippen LogP contribution >= 0.6 is 11.8 Å². The molecule has 0 aromatic carbocycles. The van der Waals surface area contributed by atoms with Gasteiger partial charge in [-0.2, -0.15) is 11.8 Å². The third-order valence-corrected chi connectivity index (χ3v) is 4.59. The summed E-state index contributed by atoms with van der Waals surface area (Å²) < 4.78 is 0. The van der Waals surface area contributed by atoms with Crippen molar-refractivity contribution in [1.82, 2.24) is 10.2 Å². The van der Waals surface area contributed by atoms with E-state index in [1.54, 1.807) is 11.8 Å². The summed E-state index contributed by atoms with van der Waals surface area (Å²) >= 11 is 1.81. The molecule has 0 bridgehead atoms. The maximum Gasteiger partial charge on any atom is 0.245 e. The Morgan fingerprint density at radius 2 is 2.05 bits per heavy atom. The normalized spacial score (nSPS) is 23.0. The van der Waals surface area contributed by atoms with Crippen molar-refractivity contribution in [3.63, 3.8) is 0 Å². The molecule has 110 valence electrons. The lowest BCUT2D eigenvalue weighted by atomic mass is 9.86. The fraction of sp³-hybridized carbons (Fsp3) is 0.857. The summed E-state index contributed by atoms with van der Waals surface area (Å²) in [5, 5.41) is 3.40. The highest BCUT2D eigenvalue weighted by molar-refractivity contribution is 7.99. The zero-order valence-corrected chi connectivity index (χ0v) is 13.5. The SMILES string of the molecule is CSC(C)CCN1CCC(=O)NC(C(C)(C)C)C1=O. The van der Waals surface area contributed by atoms with Crippen molar-refractivity contribution in [1.29, 1.82) is 0 Å². The molecule has 2 amide bonds. The number of rotatable bonds is 4. The van der Waals surface area contributed by atoms with Crippen LogP contribution in [0.3, 0.4) is 0 Å². The molecule has 2 unspecified atom stereocenters. The second-order valence-corrected chi connectivity index (χ2v) is 7.55. The van der Waals surface area contributed by atoms with Crippen LogP contribution in [0.15, 0.2) is 0 Å². The van der Waals surface area contributed by atoms with Gasteiger partial charge in [-0.1, -0.05) is 27.7 Å². The van der Waals surface area contributed by atoms with Crippen LogP contribution in [0, 0.1) is 5.41 Å². The smallest absolute Gasteiger partial charge is 0.245 e. The highest BCUT2D eigenvalue weighted by atomic mass is 32.2. The first-order chi connectivity index (χ1) is 8.75. The van der Waals surface area contributed by atoms with E-state index in [-0.39, 0.29) is 17.2 Å². The Labute approximate surface area is 120 Å². The molecule has 0 aliphatic carbocycles. The van der Waals surface area contributed by atoms with Gasteiger partial charge in [0.25, 0.3) is 0 Å². The van der Waals surface area contributed by atoms with Crippen molar-refractivity contribution >= 4 is 23.6 Å². The largest absolute Gasteiger partial charge is 0.344 e. The molecule has 0 aromatic rings. The minimum atomic E-state index is -0.410. The molecule has 0 radical (unpaired) electrons. The maximum atomic E-state index is 12.5.